The van der Waals surface area contributed by atoms with Crippen LogP contribution < -0.4 is 4.74 Å². The molecule has 5 heteroatoms. The third kappa shape index (κ3) is 7.03. The Morgan fingerprint density at radius 3 is 2.63 bits per heavy atom. The number of carbonyl (C=O) groups is 1. The molecule has 0 aliphatic carbocycles. The third-order valence-electron chi connectivity index (χ3n) is 2.81. The van der Waals surface area contributed by atoms with Crippen molar-refractivity contribution in [2.24, 2.45) is 0 Å². The van der Waals surface area contributed by atoms with Gasteiger partial charge in [-0.15, -0.1) is 12.4 Å². The van der Waals surface area contributed by atoms with Gasteiger partial charge in [0.05, 0.1) is 7.11 Å². The van der Waals surface area contributed by atoms with Crippen molar-refractivity contribution < 1.29 is 14.6 Å². The molecule has 0 heterocycles. The smallest absolute Gasteiger partial charge is 0.303 e. The Hall–Kier alpha value is -1.26. The van der Waals surface area contributed by atoms with Gasteiger partial charge in [0, 0.05) is 18.5 Å². The van der Waals surface area contributed by atoms with Crippen molar-refractivity contribution in [2.75, 3.05) is 20.7 Å². The first-order valence-corrected chi connectivity index (χ1v) is 6.15. The van der Waals surface area contributed by atoms with Crippen molar-refractivity contribution in [1.82, 2.24) is 4.90 Å². The monoisotopic (exact) mass is 287 g/mol. The summed E-state index contributed by atoms with van der Waals surface area (Å²) >= 11 is 0. The summed E-state index contributed by atoms with van der Waals surface area (Å²) < 4.78 is 5.30. The van der Waals surface area contributed by atoms with Gasteiger partial charge in [-0.2, -0.15) is 0 Å². The number of rotatable bonds is 8. The molecule has 0 aromatic heterocycles. The van der Waals surface area contributed by atoms with Crippen LogP contribution in [0.2, 0.25) is 0 Å². The number of benzene rings is 1. The lowest BCUT2D eigenvalue weighted by Crippen LogP contribution is -2.19. The quantitative estimate of drug-likeness (QED) is 0.747. The molecule has 0 amide bonds. The van der Waals surface area contributed by atoms with Crippen molar-refractivity contribution in [2.45, 2.75) is 25.8 Å². The highest BCUT2D eigenvalue weighted by atomic mass is 35.5. The highest BCUT2D eigenvalue weighted by Crippen LogP contribution is 2.18. The predicted octanol–water partition coefficient (Wildman–Crippen LogP) is 2.80. The third-order valence-corrected chi connectivity index (χ3v) is 2.81. The van der Waals surface area contributed by atoms with E-state index < -0.39 is 5.97 Å². The molecule has 19 heavy (non-hydrogen) atoms. The van der Waals surface area contributed by atoms with Gasteiger partial charge in [0.2, 0.25) is 0 Å². The molecule has 0 fully saturated rings. The average molecular weight is 288 g/mol. The first kappa shape index (κ1) is 17.7. The Morgan fingerprint density at radius 2 is 2.00 bits per heavy atom. The van der Waals surface area contributed by atoms with E-state index in [1.807, 2.05) is 31.3 Å². The van der Waals surface area contributed by atoms with E-state index in [0.29, 0.717) is 0 Å². The summed E-state index contributed by atoms with van der Waals surface area (Å²) in [7, 11) is 3.71. The first-order valence-electron chi connectivity index (χ1n) is 6.15. The minimum Gasteiger partial charge on any atom is -0.496 e. The molecule has 1 aromatic rings. The van der Waals surface area contributed by atoms with E-state index in [4.69, 9.17) is 9.84 Å². The molecule has 0 aliphatic heterocycles. The fraction of sp³-hybridized carbons (Fsp3) is 0.500. The topological polar surface area (TPSA) is 49.8 Å². The Kier molecular flexibility index (Phi) is 9.00. The van der Waals surface area contributed by atoms with Crippen LogP contribution in [0, 0.1) is 0 Å². The maximum Gasteiger partial charge on any atom is 0.303 e. The summed E-state index contributed by atoms with van der Waals surface area (Å²) in [5.41, 5.74) is 1.15. The van der Waals surface area contributed by atoms with Crippen LogP contribution in [0.1, 0.15) is 24.8 Å². The van der Waals surface area contributed by atoms with Gasteiger partial charge >= 0.3 is 5.97 Å². The summed E-state index contributed by atoms with van der Waals surface area (Å²) in [6.45, 7) is 1.71. The van der Waals surface area contributed by atoms with Gasteiger partial charge in [-0.3, -0.25) is 4.79 Å². The van der Waals surface area contributed by atoms with Gasteiger partial charge in [0.1, 0.15) is 5.75 Å². The largest absolute Gasteiger partial charge is 0.496 e. The highest BCUT2D eigenvalue weighted by Gasteiger charge is 2.05. The van der Waals surface area contributed by atoms with Gasteiger partial charge in [0.25, 0.3) is 0 Å². The normalized spacial score (nSPS) is 10.1. The van der Waals surface area contributed by atoms with Crippen LogP contribution in [0.4, 0.5) is 0 Å². The molecular weight excluding hydrogens is 266 g/mol. The number of aliphatic carboxylic acids is 1. The van der Waals surface area contributed by atoms with Gasteiger partial charge in [-0.25, -0.2) is 0 Å². The number of halogens is 1. The summed E-state index contributed by atoms with van der Waals surface area (Å²) in [4.78, 5) is 12.6. The molecule has 1 N–H and O–H groups in total. The molecular formula is C14H22ClNO3. The number of carboxylic acids is 1. The van der Waals surface area contributed by atoms with Crippen molar-refractivity contribution in [1.29, 1.82) is 0 Å². The number of ether oxygens (including phenoxy) is 1. The SMILES string of the molecule is COc1ccccc1CN(C)CCCCC(=O)O.Cl. The Labute approximate surface area is 120 Å². The summed E-state index contributed by atoms with van der Waals surface area (Å²) in [6, 6.07) is 7.95. The van der Waals surface area contributed by atoms with Crippen LogP contribution in [0.5, 0.6) is 5.75 Å². The molecule has 0 saturated carbocycles. The highest BCUT2D eigenvalue weighted by molar-refractivity contribution is 5.85. The number of hydrogen-bond acceptors (Lipinski definition) is 3. The Bertz CT molecular complexity index is 385. The molecule has 0 aliphatic rings. The lowest BCUT2D eigenvalue weighted by molar-refractivity contribution is -0.137. The van der Waals surface area contributed by atoms with Crippen LogP contribution >= 0.6 is 12.4 Å². The number of methoxy groups -OCH3 is 1. The molecule has 0 saturated heterocycles. The van der Waals surface area contributed by atoms with E-state index in [0.717, 1.165) is 37.2 Å². The van der Waals surface area contributed by atoms with E-state index in [-0.39, 0.29) is 18.8 Å². The molecule has 0 bridgehead atoms. The van der Waals surface area contributed by atoms with Crippen molar-refractivity contribution in [3.05, 3.63) is 29.8 Å². The second-order valence-corrected chi connectivity index (χ2v) is 4.40. The zero-order chi connectivity index (χ0) is 13.4. The standard InChI is InChI=1S/C14H21NO3.ClH/c1-15(10-6-5-9-14(16)17)11-12-7-3-4-8-13(12)18-2;/h3-4,7-8H,5-6,9-11H2,1-2H3,(H,16,17);1H. The van der Waals surface area contributed by atoms with Gasteiger partial charge in [-0.1, -0.05) is 18.2 Å². The van der Waals surface area contributed by atoms with E-state index in [1.54, 1.807) is 7.11 Å². The van der Waals surface area contributed by atoms with Gasteiger partial charge in [0.15, 0.2) is 0 Å². The fourth-order valence-electron chi connectivity index (χ4n) is 1.86. The molecule has 0 atom stereocenters. The average Bonchev–Trinajstić information content (AvgIpc) is 2.35. The second kappa shape index (κ2) is 9.64. The van der Waals surface area contributed by atoms with Gasteiger partial charge < -0.3 is 14.7 Å². The zero-order valence-electron chi connectivity index (χ0n) is 11.5. The van der Waals surface area contributed by atoms with Crippen LogP contribution in [0.15, 0.2) is 24.3 Å². The fourth-order valence-corrected chi connectivity index (χ4v) is 1.86. The first-order chi connectivity index (χ1) is 8.63. The summed E-state index contributed by atoms with van der Waals surface area (Å²) in [5.74, 6) is 0.178. The molecule has 0 unspecified atom stereocenters. The van der Waals surface area contributed by atoms with Crippen LogP contribution in [-0.4, -0.2) is 36.7 Å². The number of para-hydroxylation sites is 1. The van der Waals surface area contributed by atoms with Crippen molar-refractivity contribution in [3.63, 3.8) is 0 Å². The summed E-state index contributed by atoms with van der Waals surface area (Å²) in [5, 5.41) is 8.55. The molecule has 0 spiro atoms. The van der Waals surface area contributed by atoms with Crippen molar-refractivity contribution >= 4 is 18.4 Å². The van der Waals surface area contributed by atoms with Crippen LogP contribution in [0.3, 0.4) is 0 Å². The molecule has 108 valence electrons. The minimum absolute atomic E-state index is 0. The zero-order valence-corrected chi connectivity index (χ0v) is 12.3. The predicted molar refractivity (Wildman–Crippen MR) is 78.1 cm³/mol. The van der Waals surface area contributed by atoms with E-state index in [2.05, 4.69) is 4.90 Å². The molecule has 1 rings (SSSR count). The maximum absolute atomic E-state index is 10.4. The lowest BCUT2D eigenvalue weighted by Gasteiger charge is -2.18. The number of hydrogen-bond donors (Lipinski definition) is 1. The van der Waals surface area contributed by atoms with Crippen molar-refractivity contribution in [3.8, 4) is 5.75 Å². The molecule has 4 nitrogen and oxygen atoms in total. The number of nitrogens with zero attached hydrogens (tertiary/aromatic N) is 1. The number of unbranched alkanes of at least 4 members (excludes halogenated alkanes) is 1. The Balaban J connectivity index is 0.00000324. The lowest BCUT2D eigenvalue weighted by atomic mass is 10.2. The van der Waals surface area contributed by atoms with E-state index in [9.17, 15) is 4.79 Å². The molecule has 1 aromatic carbocycles. The maximum atomic E-state index is 10.4. The number of carboxylic acid groups (broad SMARTS) is 1. The second-order valence-electron chi connectivity index (χ2n) is 4.40. The summed E-state index contributed by atoms with van der Waals surface area (Å²) in [6.07, 6.45) is 1.88. The minimum atomic E-state index is -0.720. The molecule has 0 radical (unpaired) electrons. The van der Waals surface area contributed by atoms with Crippen LogP contribution in [-0.2, 0) is 11.3 Å². The van der Waals surface area contributed by atoms with E-state index in [1.165, 1.54) is 0 Å². The van der Waals surface area contributed by atoms with Gasteiger partial charge in [-0.05, 0) is 32.5 Å². The van der Waals surface area contributed by atoms with E-state index >= 15 is 0 Å². The Morgan fingerprint density at radius 1 is 1.32 bits per heavy atom. The van der Waals surface area contributed by atoms with Crippen LogP contribution in [0.25, 0.3) is 0 Å².